The van der Waals surface area contributed by atoms with Crippen molar-refractivity contribution in [2.45, 2.75) is 51.8 Å². The fourth-order valence-electron chi connectivity index (χ4n) is 2.69. The minimum Gasteiger partial charge on any atom is -0.467 e. The number of nitrogens with one attached hydrogen (secondary N) is 1. The summed E-state index contributed by atoms with van der Waals surface area (Å²) in [5.41, 5.74) is 1.23. The van der Waals surface area contributed by atoms with Crippen molar-refractivity contribution in [3.8, 4) is 0 Å². The molecule has 3 nitrogen and oxygen atoms in total. The topological polar surface area (TPSA) is 34.4 Å². The van der Waals surface area contributed by atoms with Crippen LogP contribution in [-0.4, -0.2) is 12.6 Å². The molecular formula is C17H25NO2. The van der Waals surface area contributed by atoms with E-state index in [9.17, 15) is 0 Å². The maximum absolute atomic E-state index is 5.83. The zero-order valence-electron chi connectivity index (χ0n) is 12.3. The monoisotopic (exact) mass is 275 g/mol. The second-order valence-corrected chi connectivity index (χ2v) is 6.27. The minimum atomic E-state index is 0.594. The Morgan fingerprint density at radius 3 is 2.95 bits per heavy atom. The van der Waals surface area contributed by atoms with E-state index in [1.807, 2.05) is 6.26 Å². The van der Waals surface area contributed by atoms with Crippen LogP contribution >= 0.6 is 0 Å². The Bertz CT molecular complexity index is 448. The fourth-order valence-corrected chi connectivity index (χ4v) is 2.69. The molecule has 3 rings (SSSR count). The van der Waals surface area contributed by atoms with E-state index in [0.717, 1.165) is 37.3 Å². The van der Waals surface area contributed by atoms with Crippen molar-refractivity contribution in [3.63, 3.8) is 0 Å². The predicted octanol–water partition coefficient (Wildman–Crippen LogP) is 3.65. The highest BCUT2D eigenvalue weighted by Gasteiger charge is 2.20. The van der Waals surface area contributed by atoms with Crippen molar-refractivity contribution in [1.82, 2.24) is 5.32 Å². The second-order valence-electron chi connectivity index (χ2n) is 6.27. The van der Waals surface area contributed by atoms with Crippen molar-refractivity contribution < 1.29 is 9.15 Å². The van der Waals surface area contributed by atoms with E-state index in [-0.39, 0.29) is 0 Å². The van der Waals surface area contributed by atoms with Gasteiger partial charge in [0.1, 0.15) is 12.4 Å². The maximum atomic E-state index is 5.83. The number of ether oxygens (including phenoxy) is 1. The van der Waals surface area contributed by atoms with Gasteiger partial charge in [0, 0.05) is 18.2 Å². The Morgan fingerprint density at radius 2 is 2.15 bits per heavy atom. The lowest BCUT2D eigenvalue weighted by molar-refractivity contribution is 0.0583. The summed E-state index contributed by atoms with van der Waals surface area (Å²) in [4.78, 5) is 0. The Balaban J connectivity index is 1.38. The van der Waals surface area contributed by atoms with Crippen LogP contribution in [-0.2, 0) is 17.9 Å². The third-order valence-electron chi connectivity index (χ3n) is 4.37. The zero-order chi connectivity index (χ0) is 13.8. The number of hydrogen-bond donors (Lipinski definition) is 1. The molecule has 1 heterocycles. The van der Waals surface area contributed by atoms with Gasteiger partial charge in [0.25, 0.3) is 0 Å². The van der Waals surface area contributed by atoms with Crippen molar-refractivity contribution in [3.05, 3.63) is 35.8 Å². The maximum Gasteiger partial charge on any atom is 0.129 e. The summed E-state index contributed by atoms with van der Waals surface area (Å²) in [6.45, 7) is 4.66. The molecule has 2 aliphatic carbocycles. The lowest BCUT2D eigenvalue weighted by Crippen LogP contribution is -2.19. The van der Waals surface area contributed by atoms with E-state index in [0.29, 0.717) is 12.5 Å². The van der Waals surface area contributed by atoms with Gasteiger partial charge in [0.05, 0.1) is 12.9 Å². The van der Waals surface area contributed by atoms with Gasteiger partial charge in [-0.3, -0.25) is 0 Å². The Hall–Kier alpha value is -1.06. The molecule has 1 N–H and O–H groups in total. The van der Waals surface area contributed by atoms with Gasteiger partial charge in [0.2, 0.25) is 0 Å². The van der Waals surface area contributed by atoms with Gasteiger partial charge in [-0.05, 0) is 43.6 Å². The van der Waals surface area contributed by atoms with Crippen LogP contribution in [0, 0.1) is 11.8 Å². The predicted molar refractivity (Wildman–Crippen MR) is 79.3 cm³/mol. The summed E-state index contributed by atoms with van der Waals surface area (Å²) in [6, 6.07) is 2.85. The summed E-state index contributed by atoms with van der Waals surface area (Å²) in [5.74, 6) is 2.33. The Morgan fingerprint density at radius 1 is 1.30 bits per heavy atom. The highest BCUT2D eigenvalue weighted by molar-refractivity contribution is 5.12. The molecule has 2 aliphatic rings. The molecule has 0 radical (unpaired) electrons. The van der Waals surface area contributed by atoms with Crippen molar-refractivity contribution >= 4 is 0 Å². The number of furan rings is 1. The molecule has 1 aromatic rings. The second kappa shape index (κ2) is 6.59. The highest BCUT2D eigenvalue weighted by atomic mass is 16.5. The largest absolute Gasteiger partial charge is 0.467 e. The summed E-state index contributed by atoms with van der Waals surface area (Å²) in [6.07, 6.45) is 11.4. The Kier molecular flexibility index (Phi) is 4.58. The van der Waals surface area contributed by atoms with Crippen molar-refractivity contribution in [1.29, 1.82) is 0 Å². The lowest BCUT2D eigenvalue weighted by atomic mass is 9.85. The SMILES string of the molecule is CC1CC=CCC1COCc1cc(CNC2CC2)co1. The molecular weight excluding hydrogens is 250 g/mol. The van der Waals surface area contributed by atoms with Gasteiger partial charge in [-0.25, -0.2) is 0 Å². The molecule has 2 atom stereocenters. The normalized spacial score (nSPS) is 26.1. The molecule has 20 heavy (non-hydrogen) atoms. The summed E-state index contributed by atoms with van der Waals surface area (Å²) < 4.78 is 11.4. The van der Waals surface area contributed by atoms with Gasteiger partial charge >= 0.3 is 0 Å². The van der Waals surface area contributed by atoms with Gasteiger partial charge in [-0.1, -0.05) is 19.1 Å². The summed E-state index contributed by atoms with van der Waals surface area (Å²) >= 11 is 0. The molecule has 0 aliphatic heterocycles. The van der Waals surface area contributed by atoms with E-state index in [4.69, 9.17) is 9.15 Å². The van der Waals surface area contributed by atoms with Gasteiger partial charge < -0.3 is 14.5 Å². The molecule has 110 valence electrons. The third-order valence-corrected chi connectivity index (χ3v) is 4.37. The highest BCUT2D eigenvalue weighted by Crippen LogP contribution is 2.25. The zero-order valence-corrected chi connectivity index (χ0v) is 12.3. The van der Waals surface area contributed by atoms with Crippen LogP contribution in [0.3, 0.4) is 0 Å². The first kappa shape index (κ1) is 13.9. The van der Waals surface area contributed by atoms with E-state index in [2.05, 4.69) is 30.5 Å². The van der Waals surface area contributed by atoms with Gasteiger partial charge in [-0.15, -0.1) is 0 Å². The average molecular weight is 275 g/mol. The molecule has 0 saturated heterocycles. The molecule has 0 aromatic carbocycles. The molecule has 0 spiro atoms. The molecule has 2 unspecified atom stereocenters. The van der Waals surface area contributed by atoms with E-state index in [1.165, 1.54) is 24.8 Å². The molecule has 1 aromatic heterocycles. The molecule has 1 fully saturated rings. The number of allylic oxidation sites excluding steroid dienone is 2. The van der Waals surface area contributed by atoms with Crippen LogP contribution in [0.5, 0.6) is 0 Å². The first-order valence-electron chi connectivity index (χ1n) is 7.83. The van der Waals surface area contributed by atoms with Crippen LogP contribution in [0.2, 0.25) is 0 Å². The van der Waals surface area contributed by atoms with Gasteiger partial charge in [-0.2, -0.15) is 0 Å². The summed E-state index contributed by atoms with van der Waals surface area (Å²) in [5, 5.41) is 3.49. The number of hydrogen-bond acceptors (Lipinski definition) is 3. The minimum absolute atomic E-state index is 0.594. The van der Waals surface area contributed by atoms with Crippen LogP contribution in [0.1, 0.15) is 43.9 Å². The van der Waals surface area contributed by atoms with Gasteiger partial charge in [0.15, 0.2) is 0 Å². The van der Waals surface area contributed by atoms with Crippen LogP contribution in [0.15, 0.2) is 28.9 Å². The van der Waals surface area contributed by atoms with Crippen LogP contribution in [0.4, 0.5) is 0 Å². The molecule has 3 heteroatoms. The van der Waals surface area contributed by atoms with E-state index in [1.54, 1.807) is 0 Å². The van der Waals surface area contributed by atoms with Crippen molar-refractivity contribution in [2.75, 3.05) is 6.61 Å². The smallest absolute Gasteiger partial charge is 0.129 e. The third kappa shape index (κ3) is 3.97. The first-order chi connectivity index (χ1) is 9.81. The summed E-state index contributed by atoms with van der Waals surface area (Å²) in [7, 11) is 0. The lowest BCUT2D eigenvalue weighted by Gasteiger charge is -2.24. The van der Waals surface area contributed by atoms with E-state index >= 15 is 0 Å². The Labute approximate surface area is 121 Å². The molecule has 1 saturated carbocycles. The average Bonchev–Trinajstić information content (AvgIpc) is 3.18. The van der Waals surface area contributed by atoms with Crippen molar-refractivity contribution in [2.24, 2.45) is 11.8 Å². The quantitative estimate of drug-likeness (QED) is 0.771. The van der Waals surface area contributed by atoms with Crippen LogP contribution < -0.4 is 5.32 Å². The fraction of sp³-hybridized carbons (Fsp3) is 0.647. The standard InChI is InChI=1S/C17H25NO2/c1-13-4-2-3-5-15(13)11-19-12-17-8-14(10-20-17)9-18-16-6-7-16/h2-3,8,10,13,15-16,18H,4-7,9,11-12H2,1H3. The molecule has 0 bridgehead atoms. The van der Waals surface area contributed by atoms with E-state index < -0.39 is 0 Å². The first-order valence-corrected chi connectivity index (χ1v) is 7.83. The number of rotatable bonds is 7. The van der Waals surface area contributed by atoms with Crippen LogP contribution in [0.25, 0.3) is 0 Å². The molecule has 0 amide bonds.